The van der Waals surface area contributed by atoms with Gasteiger partial charge in [0.05, 0.1) is 6.10 Å². The van der Waals surface area contributed by atoms with Crippen LogP contribution in [-0.2, 0) is 4.79 Å². The molecule has 0 saturated heterocycles. The van der Waals surface area contributed by atoms with Crippen LogP contribution < -0.4 is 0 Å². The van der Waals surface area contributed by atoms with E-state index in [4.69, 9.17) is 10.2 Å². The molecule has 0 aliphatic rings. The van der Waals surface area contributed by atoms with E-state index in [1.807, 2.05) is 0 Å². The van der Waals surface area contributed by atoms with E-state index in [1.54, 1.807) is 6.92 Å². The molecule has 0 aliphatic carbocycles. The van der Waals surface area contributed by atoms with E-state index in [-0.39, 0.29) is 18.6 Å². The van der Waals surface area contributed by atoms with Crippen molar-refractivity contribution in [3.8, 4) is 0 Å². The highest BCUT2D eigenvalue weighted by Gasteiger charge is 2.12. The molecule has 0 rings (SSSR count). The molecule has 0 aromatic carbocycles. The van der Waals surface area contributed by atoms with Gasteiger partial charge in [-0.15, -0.1) is 0 Å². The molecule has 0 fully saturated rings. The Hall–Kier alpha value is -0.870. The summed E-state index contributed by atoms with van der Waals surface area (Å²) in [4.78, 5) is 10.4. The lowest BCUT2D eigenvalue weighted by Gasteiger charge is -2.10. The Labute approximate surface area is 71.1 Å². The van der Waals surface area contributed by atoms with E-state index in [0.717, 1.165) is 0 Å². The molecule has 4 nitrogen and oxygen atoms in total. The number of carbonyl (C=O) groups is 1. The van der Waals surface area contributed by atoms with E-state index in [9.17, 15) is 9.90 Å². The summed E-state index contributed by atoms with van der Waals surface area (Å²) in [6, 6.07) is 0. The Bertz CT molecular complexity index is 195. The molecule has 0 aliphatic heterocycles. The van der Waals surface area contributed by atoms with Crippen molar-refractivity contribution in [3.63, 3.8) is 0 Å². The quantitative estimate of drug-likeness (QED) is 0.530. The molecule has 0 aromatic heterocycles. The lowest BCUT2D eigenvalue weighted by molar-refractivity contribution is -0.132. The molecular formula is C8H14O4. The highest BCUT2D eigenvalue weighted by atomic mass is 16.4. The van der Waals surface area contributed by atoms with E-state index in [2.05, 4.69) is 0 Å². The summed E-state index contributed by atoms with van der Waals surface area (Å²) >= 11 is 0. The zero-order valence-electron chi connectivity index (χ0n) is 7.24. The zero-order chi connectivity index (χ0) is 9.72. The maximum Gasteiger partial charge on any atom is 0.331 e. The monoisotopic (exact) mass is 174 g/mol. The van der Waals surface area contributed by atoms with Gasteiger partial charge in [0.1, 0.15) is 0 Å². The van der Waals surface area contributed by atoms with Crippen molar-refractivity contribution < 1.29 is 20.1 Å². The van der Waals surface area contributed by atoms with Crippen LogP contribution in [0.4, 0.5) is 0 Å². The van der Waals surface area contributed by atoms with Crippen molar-refractivity contribution >= 4 is 5.97 Å². The number of aliphatic hydroxyl groups is 2. The van der Waals surface area contributed by atoms with Crippen LogP contribution in [0.3, 0.4) is 0 Å². The van der Waals surface area contributed by atoms with Crippen LogP contribution >= 0.6 is 0 Å². The second-order valence-corrected chi connectivity index (χ2v) is 2.64. The van der Waals surface area contributed by atoms with Gasteiger partial charge in [-0.05, 0) is 19.4 Å². The summed E-state index contributed by atoms with van der Waals surface area (Å²) < 4.78 is 0. The number of carboxylic acids is 1. The van der Waals surface area contributed by atoms with Crippen LogP contribution in [0.25, 0.3) is 0 Å². The lowest BCUT2D eigenvalue weighted by atomic mass is 10.0. The van der Waals surface area contributed by atoms with Gasteiger partial charge in [0.15, 0.2) is 0 Å². The molecule has 1 unspecified atom stereocenters. The summed E-state index contributed by atoms with van der Waals surface area (Å²) in [7, 11) is 0. The molecule has 4 heteroatoms. The first-order valence-corrected chi connectivity index (χ1v) is 3.70. The van der Waals surface area contributed by atoms with Crippen molar-refractivity contribution in [3.05, 3.63) is 11.1 Å². The summed E-state index contributed by atoms with van der Waals surface area (Å²) in [5.74, 6) is -1.04. The van der Waals surface area contributed by atoms with Gasteiger partial charge in [-0.1, -0.05) is 0 Å². The third-order valence-corrected chi connectivity index (χ3v) is 1.81. The summed E-state index contributed by atoms with van der Waals surface area (Å²) in [6.07, 6.45) is -0.678. The molecule has 0 radical (unpaired) electrons. The van der Waals surface area contributed by atoms with Gasteiger partial charge in [0.25, 0.3) is 0 Å². The molecule has 1 atom stereocenters. The van der Waals surface area contributed by atoms with Gasteiger partial charge in [-0.2, -0.15) is 0 Å². The van der Waals surface area contributed by atoms with Crippen molar-refractivity contribution in [2.24, 2.45) is 0 Å². The Balaban J connectivity index is 4.43. The molecule has 0 saturated carbocycles. The van der Waals surface area contributed by atoms with Crippen LogP contribution in [0.2, 0.25) is 0 Å². The summed E-state index contributed by atoms with van der Waals surface area (Å²) in [5.41, 5.74) is 0.535. The van der Waals surface area contributed by atoms with Gasteiger partial charge < -0.3 is 15.3 Å². The third kappa shape index (κ3) is 3.02. The van der Waals surface area contributed by atoms with Crippen LogP contribution in [-0.4, -0.2) is 34.0 Å². The number of hydrogen-bond donors (Lipinski definition) is 3. The molecule has 0 amide bonds. The average Bonchev–Trinajstić information content (AvgIpc) is 2.02. The second kappa shape index (κ2) is 4.90. The highest BCUT2D eigenvalue weighted by molar-refractivity contribution is 5.86. The van der Waals surface area contributed by atoms with E-state index >= 15 is 0 Å². The average molecular weight is 174 g/mol. The maximum atomic E-state index is 10.4. The van der Waals surface area contributed by atoms with Crippen LogP contribution in [0, 0.1) is 0 Å². The van der Waals surface area contributed by atoms with Gasteiger partial charge in [0.2, 0.25) is 0 Å². The largest absolute Gasteiger partial charge is 0.478 e. The summed E-state index contributed by atoms with van der Waals surface area (Å²) in [5, 5.41) is 26.3. The van der Waals surface area contributed by atoms with Crippen LogP contribution in [0.1, 0.15) is 20.3 Å². The first kappa shape index (κ1) is 11.1. The third-order valence-electron chi connectivity index (χ3n) is 1.81. The Morgan fingerprint density at radius 3 is 2.25 bits per heavy atom. The lowest BCUT2D eigenvalue weighted by Crippen LogP contribution is -2.14. The van der Waals surface area contributed by atoms with Crippen LogP contribution in [0.15, 0.2) is 11.1 Å². The Morgan fingerprint density at radius 2 is 1.92 bits per heavy atom. The van der Waals surface area contributed by atoms with Gasteiger partial charge in [0, 0.05) is 18.6 Å². The van der Waals surface area contributed by atoms with Crippen molar-refractivity contribution in [2.45, 2.75) is 26.4 Å². The first-order valence-electron chi connectivity index (χ1n) is 3.70. The van der Waals surface area contributed by atoms with Gasteiger partial charge in [-0.25, -0.2) is 4.79 Å². The second-order valence-electron chi connectivity index (χ2n) is 2.64. The zero-order valence-corrected chi connectivity index (χ0v) is 7.24. The molecule has 0 heterocycles. The van der Waals surface area contributed by atoms with Gasteiger partial charge >= 0.3 is 5.97 Å². The molecule has 3 N–H and O–H groups in total. The molecule has 0 bridgehead atoms. The molecule has 12 heavy (non-hydrogen) atoms. The number of aliphatic carboxylic acids is 1. The number of carboxylic acid groups (broad SMARTS) is 1. The SMILES string of the molecule is CC(C(=O)O)=C(C)C(O)CCO. The minimum absolute atomic E-state index is 0.135. The van der Waals surface area contributed by atoms with Crippen molar-refractivity contribution in [1.82, 2.24) is 0 Å². The normalized spacial score (nSPS) is 15.3. The van der Waals surface area contributed by atoms with Gasteiger partial charge in [-0.3, -0.25) is 0 Å². The van der Waals surface area contributed by atoms with E-state index in [1.165, 1.54) is 6.92 Å². The molecule has 0 aromatic rings. The number of hydrogen-bond acceptors (Lipinski definition) is 3. The first-order chi connectivity index (χ1) is 5.50. The van der Waals surface area contributed by atoms with Crippen molar-refractivity contribution in [2.75, 3.05) is 6.61 Å². The highest BCUT2D eigenvalue weighted by Crippen LogP contribution is 2.10. The standard InChI is InChI=1S/C8H14O4/c1-5(6(2)8(11)12)7(10)3-4-9/h7,9-10H,3-4H2,1-2H3,(H,11,12). The Kier molecular flexibility index (Phi) is 4.54. The predicted octanol–water partition coefficient (Wildman–Crippen LogP) is 0.151. The number of rotatable bonds is 4. The summed E-state index contributed by atoms with van der Waals surface area (Å²) in [6.45, 7) is 2.83. The predicted molar refractivity (Wildman–Crippen MR) is 43.7 cm³/mol. The van der Waals surface area contributed by atoms with E-state index < -0.39 is 12.1 Å². The minimum Gasteiger partial charge on any atom is -0.478 e. The van der Waals surface area contributed by atoms with Crippen LogP contribution in [0.5, 0.6) is 0 Å². The van der Waals surface area contributed by atoms with E-state index in [0.29, 0.717) is 5.57 Å². The fraction of sp³-hybridized carbons (Fsp3) is 0.625. The molecule has 0 spiro atoms. The minimum atomic E-state index is -1.04. The smallest absolute Gasteiger partial charge is 0.331 e. The molecule has 70 valence electrons. The molecular weight excluding hydrogens is 160 g/mol. The topological polar surface area (TPSA) is 77.8 Å². The van der Waals surface area contributed by atoms with Crippen molar-refractivity contribution in [1.29, 1.82) is 0 Å². The Morgan fingerprint density at radius 1 is 1.42 bits per heavy atom. The fourth-order valence-corrected chi connectivity index (χ4v) is 0.757. The number of aliphatic hydroxyl groups excluding tert-OH is 2. The fourth-order valence-electron chi connectivity index (χ4n) is 0.757. The maximum absolute atomic E-state index is 10.4.